The number of anilines is 1. The first-order valence-electron chi connectivity index (χ1n) is 6.01. The fourth-order valence-electron chi connectivity index (χ4n) is 2.40. The van der Waals surface area contributed by atoms with Crippen LogP contribution >= 0.6 is 0 Å². The largest absolute Gasteiger partial charge is 0.380 e. The van der Waals surface area contributed by atoms with Gasteiger partial charge in [0.2, 0.25) is 0 Å². The monoisotopic (exact) mass is 238 g/mol. The molecule has 0 bridgehead atoms. The van der Waals surface area contributed by atoms with E-state index in [1.54, 1.807) is 13.2 Å². The highest BCUT2D eigenvalue weighted by molar-refractivity contribution is 5.56. The lowest BCUT2D eigenvalue weighted by atomic mass is 10.1. The molecule has 2 rings (SSSR count). The quantitative estimate of drug-likeness (QED) is 0.865. The van der Waals surface area contributed by atoms with Crippen molar-refractivity contribution >= 4 is 5.69 Å². The number of methoxy groups -OCH3 is 1. The topological polar surface area (TPSA) is 38.5 Å². The lowest BCUT2D eigenvalue weighted by Gasteiger charge is -2.22. The molecular weight excluding hydrogens is 219 g/mol. The summed E-state index contributed by atoms with van der Waals surface area (Å²) in [4.78, 5) is 2.06. The lowest BCUT2D eigenvalue weighted by molar-refractivity contribution is 0.121. The maximum Gasteiger partial charge on any atom is 0.146 e. The highest BCUT2D eigenvalue weighted by Crippen LogP contribution is 2.28. The van der Waals surface area contributed by atoms with Crippen molar-refractivity contribution in [3.8, 4) is 0 Å². The molecule has 0 aliphatic carbocycles. The van der Waals surface area contributed by atoms with Crippen LogP contribution in [0.1, 0.15) is 12.0 Å². The molecule has 3 nitrogen and oxygen atoms in total. The van der Waals surface area contributed by atoms with E-state index in [-0.39, 0.29) is 11.9 Å². The maximum absolute atomic E-state index is 13.9. The molecule has 1 unspecified atom stereocenters. The van der Waals surface area contributed by atoms with Crippen molar-refractivity contribution in [2.24, 2.45) is 5.73 Å². The molecule has 0 amide bonds. The molecule has 1 heterocycles. The molecule has 17 heavy (non-hydrogen) atoms. The van der Waals surface area contributed by atoms with Crippen LogP contribution < -0.4 is 10.6 Å². The highest BCUT2D eigenvalue weighted by atomic mass is 19.1. The van der Waals surface area contributed by atoms with Gasteiger partial charge in [-0.3, -0.25) is 0 Å². The summed E-state index contributed by atoms with van der Waals surface area (Å²) in [5.41, 5.74) is 7.26. The number of benzene rings is 1. The van der Waals surface area contributed by atoms with Gasteiger partial charge in [0.15, 0.2) is 0 Å². The molecule has 1 fully saturated rings. The minimum Gasteiger partial charge on any atom is -0.380 e. The summed E-state index contributed by atoms with van der Waals surface area (Å²) in [6.45, 7) is 2.14. The standard InChI is InChI=1S/C13H19FN2O/c1-17-11-6-8-16(9-11)13-10(5-7-15)3-2-4-12(13)14/h2-4,11H,5-9,15H2,1H3. The lowest BCUT2D eigenvalue weighted by Crippen LogP contribution is -2.24. The minimum atomic E-state index is -0.160. The molecule has 1 atom stereocenters. The molecule has 94 valence electrons. The Morgan fingerprint density at radius 2 is 2.35 bits per heavy atom. The van der Waals surface area contributed by atoms with Gasteiger partial charge in [-0.15, -0.1) is 0 Å². The minimum absolute atomic E-state index is 0.160. The molecule has 0 radical (unpaired) electrons. The number of hydrogen-bond acceptors (Lipinski definition) is 3. The van der Waals surface area contributed by atoms with Crippen LogP contribution in [0.25, 0.3) is 0 Å². The van der Waals surface area contributed by atoms with E-state index >= 15 is 0 Å². The third-order valence-corrected chi connectivity index (χ3v) is 3.28. The van der Waals surface area contributed by atoms with E-state index in [0.29, 0.717) is 18.7 Å². The number of nitrogens with zero attached hydrogens (tertiary/aromatic N) is 1. The van der Waals surface area contributed by atoms with Crippen molar-refractivity contribution in [3.63, 3.8) is 0 Å². The Balaban J connectivity index is 2.24. The van der Waals surface area contributed by atoms with Crippen molar-refractivity contribution in [1.29, 1.82) is 0 Å². The van der Waals surface area contributed by atoms with Gasteiger partial charge >= 0.3 is 0 Å². The summed E-state index contributed by atoms with van der Waals surface area (Å²) in [7, 11) is 1.70. The van der Waals surface area contributed by atoms with Crippen LogP contribution in [0.15, 0.2) is 18.2 Å². The van der Waals surface area contributed by atoms with E-state index in [0.717, 1.165) is 25.1 Å². The van der Waals surface area contributed by atoms with Crippen molar-refractivity contribution in [1.82, 2.24) is 0 Å². The highest BCUT2D eigenvalue weighted by Gasteiger charge is 2.25. The fourth-order valence-corrected chi connectivity index (χ4v) is 2.40. The molecule has 0 aromatic heterocycles. The van der Waals surface area contributed by atoms with E-state index in [1.807, 2.05) is 6.07 Å². The number of rotatable bonds is 4. The van der Waals surface area contributed by atoms with Crippen LogP contribution in [0, 0.1) is 5.82 Å². The van der Waals surface area contributed by atoms with Gasteiger partial charge in [-0.25, -0.2) is 4.39 Å². The van der Waals surface area contributed by atoms with Crippen LogP contribution in [0.5, 0.6) is 0 Å². The van der Waals surface area contributed by atoms with E-state index in [4.69, 9.17) is 10.5 Å². The predicted octanol–water partition coefficient (Wildman–Crippen LogP) is 1.55. The number of ether oxygens (including phenoxy) is 1. The van der Waals surface area contributed by atoms with Gasteiger partial charge in [0.05, 0.1) is 11.8 Å². The Labute approximate surface area is 101 Å². The Morgan fingerprint density at radius 1 is 1.53 bits per heavy atom. The van der Waals surface area contributed by atoms with E-state index in [9.17, 15) is 4.39 Å². The van der Waals surface area contributed by atoms with Crippen molar-refractivity contribution in [2.45, 2.75) is 18.9 Å². The smallest absolute Gasteiger partial charge is 0.146 e. The second kappa shape index (κ2) is 5.47. The van der Waals surface area contributed by atoms with Crippen molar-refractivity contribution in [2.75, 3.05) is 31.6 Å². The molecule has 0 saturated carbocycles. The molecule has 1 aromatic rings. The van der Waals surface area contributed by atoms with Crippen LogP contribution in [0.3, 0.4) is 0 Å². The third kappa shape index (κ3) is 2.58. The molecule has 2 N–H and O–H groups in total. The summed E-state index contributed by atoms with van der Waals surface area (Å²) in [6, 6.07) is 5.20. The van der Waals surface area contributed by atoms with Crippen molar-refractivity contribution < 1.29 is 9.13 Å². The zero-order chi connectivity index (χ0) is 12.3. The number of nitrogens with two attached hydrogens (primary N) is 1. The first kappa shape index (κ1) is 12.3. The van der Waals surface area contributed by atoms with E-state index in [2.05, 4.69) is 4.90 Å². The molecule has 4 heteroatoms. The Morgan fingerprint density at radius 3 is 3.00 bits per heavy atom. The summed E-state index contributed by atoms with van der Waals surface area (Å²) in [6.07, 6.45) is 1.87. The maximum atomic E-state index is 13.9. The fraction of sp³-hybridized carbons (Fsp3) is 0.538. The molecule has 0 spiro atoms. The molecule has 1 aliphatic heterocycles. The zero-order valence-corrected chi connectivity index (χ0v) is 10.2. The van der Waals surface area contributed by atoms with Crippen molar-refractivity contribution in [3.05, 3.63) is 29.6 Å². The van der Waals surface area contributed by atoms with Gasteiger partial charge in [0.1, 0.15) is 5.82 Å². The Kier molecular flexibility index (Phi) is 3.97. The summed E-state index contributed by atoms with van der Waals surface area (Å²) in [5.74, 6) is -0.160. The first-order chi connectivity index (χ1) is 8.26. The van der Waals surface area contributed by atoms with E-state index < -0.39 is 0 Å². The van der Waals surface area contributed by atoms with Gasteiger partial charge in [-0.05, 0) is 31.0 Å². The van der Waals surface area contributed by atoms with Crippen LogP contribution in [0.4, 0.5) is 10.1 Å². The molecule has 1 saturated heterocycles. The Hall–Kier alpha value is -1.13. The van der Waals surface area contributed by atoms with Gasteiger partial charge in [-0.2, -0.15) is 0 Å². The second-order valence-corrected chi connectivity index (χ2v) is 4.38. The average Bonchev–Trinajstić information content (AvgIpc) is 2.78. The number of hydrogen-bond donors (Lipinski definition) is 1. The SMILES string of the molecule is COC1CCN(c2c(F)cccc2CCN)C1. The van der Waals surface area contributed by atoms with E-state index in [1.165, 1.54) is 6.07 Å². The Bertz CT molecular complexity index is 384. The normalized spacial score (nSPS) is 19.9. The molecule has 1 aromatic carbocycles. The third-order valence-electron chi connectivity index (χ3n) is 3.28. The molecular formula is C13H19FN2O. The van der Waals surface area contributed by atoms with Crippen LogP contribution in [0.2, 0.25) is 0 Å². The summed E-state index contributed by atoms with van der Waals surface area (Å²) >= 11 is 0. The van der Waals surface area contributed by atoms with Crippen LogP contribution in [-0.2, 0) is 11.2 Å². The number of para-hydroxylation sites is 1. The average molecular weight is 238 g/mol. The van der Waals surface area contributed by atoms with Crippen LogP contribution in [-0.4, -0.2) is 32.8 Å². The zero-order valence-electron chi connectivity index (χ0n) is 10.2. The second-order valence-electron chi connectivity index (χ2n) is 4.38. The number of halogens is 1. The van der Waals surface area contributed by atoms with Gasteiger partial charge < -0.3 is 15.4 Å². The van der Waals surface area contributed by atoms with Gasteiger partial charge in [0.25, 0.3) is 0 Å². The molecule has 1 aliphatic rings. The van der Waals surface area contributed by atoms with Gasteiger partial charge in [0, 0.05) is 20.2 Å². The van der Waals surface area contributed by atoms with Gasteiger partial charge in [-0.1, -0.05) is 12.1 Å². The summed E-state index contributed by atoms with van der Waals surface area (Å²) < 4.78 is 19.2. The first-order valence-corrected chi connectivity index (χ1v) is 6.01. The predicted molar refractivity (Wildman–Crippen MR) is 66.8 cm³/mol. The summed E-state index contributed by atoms with van der Waals surface area (Å²) in [5, 5.41) is 0.